The quantitative estimate of drug-likeness (QED) is 0.557. The summed E-state index contributed by atoms with van der Waals surface area (Å²) in [6, 6.07) is 15.4. The summed E-state index contributed by atoms with van der Waals surface area (Å²) in [6.45, 7) is 1.55. The standard InChI is InChI=1S/C21H14F4NO2/c1-13-11-15(22)8-10-18(13)28-19-12-14(21(23,24)25)7-9-17(19)20(27)26-16-5-3-2-4-6-16/h2-3,5-12H,1H3,(H,26,27). The second kappa shape index (κ2) is 7.72. The number of alkyl halides is 3. The number of carbonyl (C=O) groups is 1. The van der Waals surface area contributed by atoms with E-state index in [-0.39, 0.29) is 17.1 Å². The van der Waals surface area contributed by atoms with Crippen molar-refractivity contribution in [3.63, 3.8) is 0 Å². The fourth-order valence-corrected chi connectivity index (χ4v) is 2.49. The van der Waals surface area contributed by atoms with Gasteiger partial charge in [-0.3, -0.25) is 4.79 Å². The van der Waals surface area contributed by atoms with E-state index in [1.807, 2.05) is 0 Å². The van der Waals surface area contributed by atoms with Crippen LogP contribution < -0.4 is 10.1 Å². The van der Waals surface area contributed by atoms with Crippen molar-refractivity contribution in [3.8, 4) is 11.5 Å². The first-order valence-corrected chi connectivity index (χ1v) is 8.17. The van der Waals surface area contributed by atoms with Crippen molar-refractivity contribution in [2.24, 2.45) is 0 Å². The topological polar surface area (TPSA) is 38.3 Å². The smallest absolute Gasteiger partial charge is 0.416 e. The fourth-order valence-electron chi connectivity index (χ4n) is 2.49. The van der Waals surface area contributed by atoms with Crippen molar-refractivity contribution in [2.75, 3.05) is 5.32 Å². The summed E-state index contributed by atoms with van der Waals surface area (Å²) in [5, 5.41) is 2.57. The lowest BCUT2D eigenvalue weighted by atomic mass is 10.1. The highest BCUT2D eigenvalue weighted by Crippen LogP contribution is 2.36. The zero-order chi connectivity index (χ0) is 20.3. The van der Waals surface area contributed by atoms with E-state index in [4.69, 9.17) is 4.74 Å². The van der Waals surface area contributed by atoms with Crippen LogP contribution in [0.1, 0.15) is 21.5 Å². The van der Waals surface area contributed by atoms with Gasteiger partial charge in [0.15, 0.2) is 0 Å². The van der Waals surface area contributed by atoms with Crippen molar-refractivity contribution in [2.45, 2.75) is 13.1 Å². The zero-order valence-electron chi connectivity index (χ0n) is 14.6. The Hall–Kier alpha value is -3.35. The van der Waals surface area contributed by atoms with E-state index >= 15 is 0 Å². The summed E-state index contributed by atoms with van der Waals surface area (Å²) in [6.07, 6.45) is -4.61. The molecule has 3 aromatic carbocycles. The van der Waals surface area contributed by atoms with Crippen molar-refractivity contribution < 1.29 is 27.1 Å². The number of carbonyl (C=O) groups excluding carboxylic acids is 1. The monoisotopic (exact) mass is 388 g/mol. The third-order valence-corrected chi connectivity index (χ3v) is 3.88. The molecule has 0 unspecified atom stereocenters. The molecule has 3 aromatic rings. The molecule has 0 bridgehead atoms. The molecule has 143 valence electrons. The van der Waals surface area contributed by atoms with Gasteiger partial charge in [-0.2, -0.15) is 13.2 Å². The maximum Gasteiger partial charge on any atom is 0.416 e. The number of hydrogen-bond donors (Lipinski definition) is 1. The summed E-state index contributed by atoms with van der Waals surface area (Å²) >= 11 is 0. The molecule has 7 heteroatoms. The molecule has 0 saturated carbocycles. The van der Waals surface area contributed by atoms with Gasteiger partial charge in [-0.05, 0) is 67.1 Å². The van der Waals surface area contributed by atoms with Crippen LogP contribution in [0.3, 0.4) is 0 Å². The predicted molar refractivity (Wildman–Crippen MR) is 95.9 cm³/mol. The van der Waals surface area contributed by atoms with Gasteiger partial charge in [-0.25, -0.2) is 4.39 Å². The van der Waals surface area contributed by atoms with Crippen LogP contribution in [0.2, 0.25) is 0 Å². The van der Waals surface area contributed by atoms with Gasteiger partial charge in [-0.15, -0.1) is 0 Å². The lowest BCUT2D eigenvalue weighted by Gasteiger charge is -2.15. The van der Waals surface area contributed by atoms with E-state index < -0.39 is 23.5 Å². The number of hydrogen-bond acceptors (Lipinski definition) is 2. The van der Waals surface area contributed by atoms with Crippen molar-refractivity contribution >= 4 is 11.6 Å². The molecular weight excluding hydrogens is 374 g/mol. The first-order valence-electron chi connectivity index (χ1n) is 8.17. The third kappa shape index (κ3) is 4.49. The van der Waals surface area contributed by atoms with Crippen LogP contribution in [-0.2, 0) is 6.18 Å². The molecule has 0 aliphatic heterocycles. The molecule has 0 saturated heterocycles. The Balaban J connectivity index is 2.00. The van der Waals surface area contributed by atoms with Gasteiger partial charge in [0.1, 0.15) is 17.3 Å². The van der Waals surface area contributed by atoms with E-state index in [0.29, 0.717) is 11.3 Å². The average Bonchev–Trinajstić information content (AvgIpc) is 2.64. The van der Waals surface area contributed by atoms with Crippen molar-refractivity contribution in [1.82, 2.24) is 0 Å². The van der Waals surface area contributed by atoms with Gasteiger partial charge in [-0.1, -0.05) is 12.1 Å². The number of anilines is 1. The summed E-state index contributed by atoms with van der Waals surface area (Å²) in [4.78, 5) is 12.6. The molecule has 0 aliphatic rings. The summed E-state index contributed by atoms with van der Waals surface area (Å²) in [5.74, 6) is -1.31. The van der Waals surface area contributed by atoms with Crippen LogP contribution in [-0.4, -0.2) is 5.91 Å². The van der Waals surface area contributed by atoms with Crippen LogP contribution in [0.15, 0.2) is 60.7 Å². The molecule has 3 rings (SSSR count). The fraction of sp³-hybridized carbons (Fsp3) is 0.0952. The number of aryl methyl sites for hydroxylation is 1. The first kappa shape index (κ1) is 19.4. The van der Waals surface area contributed by atoms with E-state index in [2.05, 4.69) is 11.4 Å². The normalized spacial score (nSPS) is 11.2. The van der Waals surface area contributed by atoms with E-state index in [1.54, 1.807) is 25.1 Å². The number of rotatable bonds is 4. The van der Waals surface area contributed by atoms with Gasteiger partial charge in [0, 0.05) is 5.69 Å². The number of nitrogens with one attached hydrogen (secondary N) is 1. The number of halogens is 4. The Morgan fingerprint density at radius 3 is 2.50 bits per heavy atom. The molecular formula is C21H14F4NO2. The van der Waals surface area contributed by atoms with Crippen molar-refractivity contribution in [1.29, 1.82) is 0 Å². The van der Waals surface area contributed by atoms with Crippen LogP contribution >= 0.6 is 0 Å². The average molecular weight is 388 g/mol. The Morgan fingerprint density at radius 1 is 1.07 bits per heavy atom. The molecule has 1 amide bonds. The summed E-state index contributed by atoms with van der Waals surface area (Å²) < 4.78 is 58.2. The Morgan fingerprint density at radius 2 is 1.86 bits per heavy atom. The molecule has 0 spiro atoms. The van der Waals surface area contributed by atoms with Crippen LogP contribution in [0.5, 0.6) is 11.5 Å². The van der Waals surface area contributed by atoms with E-state index in [9.17, 15) is 22.4 Å². The molecule has 0 aromatic heterocycles. The Bertz CT molecular complexity index is 1000. The number of amides is 1. The molecule has 0 fully saturated rings. The van der Waals surface area contributed by atoms with Gasteiger partial charge in [0.05, 0.1) is 11.1 Å². The SMILES string of the molecule is Cc1cc(F)ccc1Oc1cc(C(F)(F)F)ccc1C(=O)Nc1c[c]ccc1. The summed E-state index contributed by atoms with van der Waals surface area (Å²) in [7, 11) is 0. The minimum atomic E-state index is -4.61. The lowest BCUT2D eigenvalue weighted by molar-refractivity contribution is -0.137. The van der Waals surface area contributed by atoms with Gasteiger partial charge < -0.3 is 10.1 Å². The minimum absolute atomic E-state index is 0.0967. The lowest BCUT2D eigenvalue weighted by Crippen LogP contribution is -2.14. The molecule has 1 radical (unpaired) electrons. The molecule has 3 nitrogen and oxygen atoms in total. The minimum Gasteiger partial charge on any atom is -0.456 e. The van der Waals surface area contributed by atoms with Gasteiger partial charge >= 0.3 is 6.18 Å². The first-order chi connectivity index (χ1) is 13.2. The highest BCUT2D eigenvalue weighted by molar-refractivity contribution is 6.06. The molecule has 0 atom stereocenters. The van der Waals surface area contributed by atoms with E-state index in [0.717, 1.165) is 24.3 Å². The third-order valence-electron chi connectivity index (χ3n) is 3.88. The van der Waals surface area contributed by atoms with Crippen molar-refractivity contribution in [3.05, 3.63) is 89.2 Å². The van der Waals surface area contributed by atoms with Gasteiger partial charge in [0.25, 0.3) is 5.91 Å². The maximum atomic E-state index is 13.3. The van der Waals surface area contributed by atoms with Crippen LogP contribution in [0.25, 0.3) is 0 Å². The largest absolute Gasteiger partial charge is 0.456 e. The Kier molecular flexibility index (Phi) is 5.35. The molecule has 28 heavy (non-hydrogen) atoms. The van der Waals surface area contributed by atoms with Crippen LogP contribution in [0, 0.1) is 18.8 Å². The second-order valence-electron chi connectivity index (χ2n) is 5.97. The highest BCUT2D eigenvalue weighted by Gasteiger charge is 2.32. The zero-order valence-corrected chi connectivity index (χ0v) is 14.6. The highest BCUT2D eigenvalue weighted by atomic mass is 19.4. The second-order valence-corrected chi connectivity index (χ2v) is 5.97. The molecule has 0 aliphatic carbocycles. The predicted octanol–water partition coefficient (Wildman–Crippen LogP) is 6.00. The van der Waals surface area contributed by atoms with Gasteiger partial charge in [0.2, 0.25) is 0 Å². The summed E-state index contributed by atoms with van der Waals surface area (Å²) in [5.41, 5.74) is -0.259. The number of benzene rings is 3. The van der Waals surface area contributed by atoms with Crippen LogP contribution in [0.4, 0.5) is 23.2 Å². The maximum absolute atomic E-state index is 13.3. The van der Waals surface area contributed by atoms with E-state index in [1.165, 1.54) is 18.2 Å². The number of ether oxygens (including phenoxy) is 1. The molecule has 0 heterocycles. The Labute approximate surface area is 158 Å². The molecule has 1 N–H and O–H groups in total.